The van der Waals surface area contributed by atoms with Gasteiger partial charge in [0.25, 0.3) is 0 Å². The van der Waals surface area contributed by atoms with Gasteiger partial charge in [0.1, 0.15) is 5.82 Å². The Balaban J connectivity index is 2.14. The molecule has 0 aliphatic carbocycles. The molecule has 0 aliphatic rings. The summed E-state index contributed by atoms with van der Waals surface area (Å²) in [7, 11) is 0. The van der Waals surface area contributed by atoms with Gasteiger partial charge in [-0.1, -0.05) is 17.7 Å². The van der Waals surface area contributed by atoms with Crippen LogP contribution < -0.4 is 5.73 Å². The van der Waals surface area contributed by atoms with Crippen molar-refractivity contribution in [2.24, 2.45) is 5.73 Å². The summed E-state index contributed by atoms with van der Waals surface area (Å²) >= 11 is 7.14. The maximum absolute atomic E-state index is 13.2. The maximum Gasteiger partial charge on any atom is 0.142 e. The summed E-state index contributed by atoms with van der Waals surface area (Å²) < 4.78 is 13.2. The van der Waals surface area contributed by atoms with Gasteiger partial charge in [-0.2, -0.15) is 0 Å². The molecular formula is C11H10ClFN2S. The highest BCUT2D eigenvalue weighted by atomic mass is 35.5. The predicted octanol–water partition coefficient (Wildman–Crippen LogP) is 3.18. The summed E-state index contributed by atoms with van der Waals surface area (Å²) in [4.78, 5) is 4.14. The van der Waals surface area contributed by atoms with Crippen LogP contribution in [0.15, 0.2) is 29.8 Å². The number of hydrogen-bond acceptors (Lipinski definition) is 3. The summed E-state index contributed by atoms with van der Waals surface area (Å²) in [5, 5.41) is 2.96. The van der Waals surface area contributed by atoms with E-state index in [4.69, 9.17) is 17.3 Å². The molecule has 5 heteroatoms. The molecule has 84 valence electrons. The molecule has 1 heterocycles. The Morgan fingerprint density at radius 3 is 2.94 bits per heavy atom. The minimum atomic E-state index is -0.436. The summed E-state index contributed by atoms with van der Waals surface area (Å²) in [6.45, 7) is 0. The van der Waals surface area contributed by atoms with Crippen LogP contribution in [0.25, 0.3) is 0 Å². The summed E-state index contributed by atoms with van der Waals surface area (Å²) in [5.74, 6) is -0.436. The second-order valence-electron chi connectivity index (χ2n) is 3.41. The van der Waals surface area contributed by atoms with E-state index in [-0.39, 0.29) is 11.1 Å². The van der Waals surface area contributed by atoms with Crippen molar-refractivity contribution in [1.82, 2.24) is 4.98 Å². The first-order chi connectivity index (χ1) is 7.66. The lowest BCUT2D eigenvalue weighted by Gasteiger charge is -2.10. The van der Waals surface area contributed by atoms with Gasteiger partial charge in [0.15, 0.2) is 0 Å². The van der Waals surface area contributed by atoms with E-state index < -0.39 is 5.82 Å². The normalized spacial score (nSPS) is 12.7. The van der Waals surface area contributed by atoms with Crippen molar-refractivity contribution in [3.63, 3.8) is 0 Å². The first kappa shape index (κ1) is 11.5. The number of hydrogen-bond donors (Lipinski definition) is 1. The molecule has 0 spiro atoms. The van der Waals surface area contributed by atoms with Crippen LogP contribution in [0.5, 0.6) is 0 Å². The third-order valence-corrected chi connectivity index (χ3v) is 3.36. The molecule has 2 rings (SSSR count). The first-order valence-electron chi connectivity index (χ1n) is 4.75. The Kier molecular flexibility index (Phi) is 3.53. The van der Waals surface area contributed by atoms with E-state index in [1.54, 1.807) is 23.6 Å². The highest BCUT2D eigenvalue weighted by Crippen LogP contribution is 2.22. The van der Waals surface area contributed by atoms with Crippen molar-refractivity contribution < 1.29 is 4.39 Å². The molecule has 2 aromatic rings. The van der Waals surface area contributed by atoms with Crippen LogP contribution in [0, 0.1) is 5.82 Å². The molecule has 1 aromatic carbocycles. The lowest BCUT2D eigenvalue weighted by atomic mass is 10.1. The highest BCUT2D eigenvalue weighted by Gasteiger charge is 2.10. The molecule has 1 atom stereocenters. The van der Waals surface area contributed by atoms with Crippen LogP contribution in [-0.2, 0) is 6.42 Å². The lowest BCUT2D eigenvalue weighted by molar-refractivity contribution is 0.619. The fourth-order valence-electron chi connectivity index (χ4n) is 1.40. The average Bonchev–Trinajstić information content (AvgIpc) is 2.74. The van der Waals surface area contributed by atoms with Gasteiger partial charge in [0.2, 0.25) is 0 Å². The Morgan fingerprint density at radius 2 is 2.31 bits per heavy atom. The van der Waals surface area contributed by atoms with E-state index in [2.05, 4.69) is 4.98 Å². The van der Waals surface area contributed by atoms with Gasteiger partial charge in [0.05, 0.1) is 10.0 Å². The number of nitrogens with two attached hydrogens (primary N) is 1. The molecule has 0 saturated heterocycles. The van der Waals surface area contributed by atoms with Crippen LogP contribution in [0.3, 0.4) is 0 Å². The minimum absolute atomic E-state index is 0.116. The minimum Gasteiger partial charge on any atom is -0.324 e. The molecule has 2 nitrogen and oxygen atoms in total. The van der Waals surface area contributed by atoms with Crippen LogP contribution in [0.1, 0.15) is 16.6 Å². The fraction of sp³-hybridized carbons (Fsp3) is 0.182. The van der Waals surface area contributed by atoms with E-state index in [1.165, 1.54) is 12.1 Å². The van der Waals surface area contributed by atoms with Gasteiger partial charge in [-0.25, -0.2) is 9.37 Å². The Hall–Kier alpha value is -0.970. The average molecular weight is 257 g/mol. The monoisotopic (exact) mass is 256 g/mol. The zero-order chi connectivity index (χ0) is 11.5. The van der Waals surface area contributed by atoms with E-state index >= 15 is 0 Å². The molecule has 0 fully saturated rings. The molecule has 1 aromatic heterocycles. The van der Waals surface area contributed by atoms with Crippen LogP contribution in [0.4, 0.5) is 4.39 Å². The molecule has 2 N–H and O–H groups in total. The third kappa shape index (κ3) is 2.58. The predicted molar refractivity (Wildman–Crippen MR) is 64.2 cm³/mol. The van der Waals surface area contributed by atoms with Gasteiger partial charge in [-0.05, 0) is 17.7 Å². The second kappa shape index (κ2) is 4.91. The number of thiazole rings is 1. The molecular weight excluding hydrogens is 247 g/mol. The standard InChI is InChI=1S/C11H10ClFN2S/c12-8-2-1-7(5-9(8)13)10(14)6-11-15-3-4-16-11/h1-5,10H,6,14H2. The molecule has 1 unspecified atom stereocenters. The summed E-state index contributed by atoms with van der Waals surface area (Å²) in [6.07, 6.45) is 2.34. The van der Waals surface area contributed by atoms with Crippen molar-refractivity contribution in [3.8, 4) is 0 Å². The van der Waals surface area contributed by atoms with Gasteiger partial charge < -0.3 is 5.73 Å². The topological polar surface area (TPSA) is 38.9 Å². The van der Waals surface area contributed by atoms with Crippen LogP contribution in [-0.4, -0.2) is 4.98 Å². The van der Waals surface area contributed by atoms with Crippen LogP contribution in [0.2, 0.25) is 5.02 Å². The van der Waals surface area contributed by atoms with Crippen molar-refractivity contribution in [3.05, 3.63) is 51.2 Å². The van der Waals surface area contributed by atoms with E-state index in [1.807, 2.05) is 5.38 Å². The van der Waals surface area contributed by atoms with Crippen molar-refractivity contribution in [2.45, 2.75) is 12.5 Å². The molecule has 0 aliphatic heterocycles. The summed E-state index contributed by atoms with van der Waals surface area (Å²) in [5.41, 5.74) is 6.70. The SMILES string of the molecule is NC(Cc1nccs1)c1ccc(Cl)c(F)c1. The van der Waals surface area contributed by atoms with Gasteiger partial charge in [-0.3, -0.25) is 0 Å². The van der Waals surface area contributed by atoms with Crippen molar-refractivity contribution in [2.75, 3.05) is 0 Å². The van der Waals surface area contributed by atoms with E-state index in [0.29, 0.717) is 6.42 Å². The van der Waals surface area contributed by atoms with Crippen molar-refractivity contribution >= 4 is 22.9 Å². The number of benzene rings is 1. The maximum atomic E-state index is 13.2. The van der Waals surface area contributed by atoms with Gasteiger partial charge in [0, 0.05) is 24.0 Å². The smallest absolute Gasteiger partial charge is 0.142 e. The Bertz CT molecular complexity index is 473. The summed E-state index contributed by atoms with van der Waals surface area (Å²) in [6, 6.07) is 4.39. The van der Waals surface area contributed by atoms with Crippen LogP contribution >= 0.6 is 22.9 Å². The van der Waals surface area contributed by atoms with Gasteiger partial charge in [-0.15, -0.1) is 11.3 Å². The highest BCUT2D eigenvalue weighted by molar-refractivity contribution is 7.09. The second-order valence-corrected chi connectivity index (χ2v) is 4.80. The largest absolute Gasteiger partial charge is 0.324 e. The first-order valence-corrected chi connectivity index (χ1v) is 6.01. The zero-order valence-electron chi connectivity index (χ0n) is 8.36. The van der Waals surface area contributed by atoms with E-state index in [9.17, 15) is 4.39 Å². The Labute approximate surface area is 102 Å². The molecule has 16 heavy (non-hydrogen) atoms. The quantitative estimate of drug-likeness (QED) is 0.916. The number of halogens is 2. The van der Waals surface area contributed by atoms with E-state index in [0.717, 1.165) is 10.6 Å². The molecule has 0 saturated carbocycles. The number of aromatic nitrogens is 1. The fourth-order valence-corrected chi connectivity index (χ4v) is 2.20. The molecule has 0 amide bonds. The third-order valence-electron chi connectivity index (χ3n) is 2.25. The Morgan fingerprint density at radius 1 is 1.50 bits per heavy atom. The van der Waals surface area contributed by atoms with Gasteiger partial charge >= 0.3 is 0 Å². The number of nitrogens with zero attached hydrogens (tertiary/aromatic N) is 1. The lowest BCUT2D eigenvalue weighted by Crippen LogP contribution is -2.13. The molecule has 0 radical (unpaired) electrons. The molecule has 0 bridgehead atoms. The number of rotatable bonds is 3. The zero-order valence-corrected chi connectivity index (χ0v) is 9.93. The van der Waals surface area contributed by atoms with Crippen molar-refractivity contribution in [1.29, 1.82) is 0 Å².